The molecule has 0 atom stereocenters. The van der Waals surface area contributed by atoms with Crippen molar-refractivity contribution in [3.05, 3.63) is 60.2 Å². The molecule has 4 heteroatoms. The number of benzene rings is 1. The molecule has 0 spiro atoms. The molecule has 3 nitrogen and oxygen atoms in total. The Hall–Kier alpha value is -2.10. The van der Waals surface area contributed by atoms with Gasteiger partial charge in [-0.2, -0.15) is 0 Å². The second-order valence-electron chi connectivity index (χ2n) is 4.43. The molecule has 0 amide bonds. The minimum absolute atomic E-state index is 0.183. The molecule has 0 aliphatic heterocycles. The normalized spacial score (nSPS) is 10.4. The smallest absolute Gasteiger partial charge is 0.203 e. The third-order valence-electron chi connectivity index (χ3n) is 3.05. The van der Waals surface area contributed by atoms with Gasteiger partial charge in [-0.05, 0) is 36.6 Å². The van der Waals surface area contributed by atoms with Crippen molar-refractivity contribution in [3.8, 4) is 0 Å². The highest BCUT2D eigenvalue weighted by molar-refractivity contribution is 5.29. The molecule has 0 saturated heterocycles. The lowest BCUT2D eigenvalue weighted by atomic mass is 10.1. The van der Waals surface area contributed by atoms with E-state index in [9.17, 15) is 4.39 Å². The van der Waals surface area contributed by atoms with E-state index in [1.165, 1.54) is 6.07 Å². The molecule has 19 heavy (non-hydrogen) atoms. The van der Waals surface area contributed by atoms with E-state index in [0.717, 1.165) is 30.0 Å². The molecule has 0 radical (unpaired) electrons. The molecule has 100 valence electrons. The Morgan fingerprint density at radius 1 is 1.47 bits per heavy atom. The Bertz CT molecular complexity index is 560. The van der Waals surface area contributed by atoms with Crippen LogP contribution in [0.2, 0.25) is 0 Å². The van der Waals surface area contributed by atoms with E-state index in [-0.39, 0.29) is 5.82 Å². The highest BCUT2D eigenvalue weighted by Gasteiger charge is 2.04. The lowest BCUT2D eigenvalue weighted by Gasteiger charge is -2.10. The molecule has 1 aromatic heterocycles. The first-order chi connectivity index (χ1) is 9.20. The van der Waals surface area contributed by atoms with Gasteiger partial charge in [0.25, 0.3) is 0 Å². The van der Waals surface area contributed by atoms with Crippen molar-refractivity contribution in [2.75, 3.05) is 11.9 Å². The molecule has 0 unspecified atom stereocenters. The van der Waals surface area contributed by atoms with Crippen molar-refractivity contribution in [3.63, 3.8) is 0 Å². The van der Waals surface area contributed by atoms with Gasteiger partial charge >= 0.3 is 0 Å². The molecule has 0 bridgehead atoms. The lowest BCUT2D eigenvalue weighted by Crippen LogP contribution is -2.09. The van der Waals surface area contributed by atoms with Crippen LogP contribution in [0.5, 0.6) is 0 Å². The van der Waals surface area contributed by atoms with Crippen LogP contribution in [0.3, 0.4) is 0 Å². The third kappa shape index (κ3) is 3.44. The standard InChI is InChI=1S/C15H18FN3/c1-3-7-17-15-18-8-10-19(15)9-6-13-4-5-14(16)11-12(13)2/h3-5,8,10-11H,1,6-7,9H2,2H3,(H,17,18). The number of halogens is 1. The van der Waals surface area contributed by atoms with E-state index in [1.807, 2.05) is 23.8 Å². The third-order valence-corrected chi connectivity index (χ3v) is 3.05. The molecule has 0 saturated carbocycles. The Labute approximate surface area is 112 Å². The fraction of sp³-hybridized carbons (Fsp3) is 0.267. The van der Waals surface area contributed by atoms with E-state index in [4.69, 9.17) is 0 Å². The van der Waals surface area contributed by atoms with Crippen LogP contribution in [0.15, 0.2) is 43.2 Å². The van der Waals surface area contributed by atoms with Crippen LogP contribution in [-0.4, -0.2) is 16.1 Å². The molecule has 0 aliphatic rings. The summed E-state index contributed by atoms with van der Waals surface area (Å²) < 4.78 is 15.1. The van der Waals surface area contributed by atoms with Crippen molar-refractivity contribution in [1.82, 2.24) is 9.55 Å². The van der Waals surface area contributed by atoms with Crippen LogP contribution in [0.1, 0.15) is 11.1 Å². The van der Waals surface area contributed by atoms with E-state index in [1.54, 1.807) is 18.3 Å². The molecular formula is C15H18FN3. The van der Waals surface area contributed by atoms with Gasteiger partial charge in [0, 0.05) is 25.5 Å². The zero-order valence-electron chi connectivity index (χ0n) is 11.1. The predicted octanol–water partition coefficient (Wildman–Crippen LogP) is 3.17. The number of anilines is 1. The molecular weight excluding hydrogens is 241 g/mol. The molecule has 2 rings (SSSR count). The molecule has 1 aromatic carbocycles. The van der Waals surface area contributed by atoms with Gasteiger partial charge < -0.3 is 9.88 Å². The topological polar surface area (TPSA) is 29.9 Å². The van der Waals surface area contributed by atoms with Crippen LogP contribution in [0.4, 0.5) is 10.3 Å². The quantitative estimate of drug-likeness (QED) is 0.807. The van der Waals surface area contributed by atoms with Gasteiger partial charge in [0.1, 0.15) is 5.82 Å². The molecule has 1 heterocycles. The zero-order valence-corrected chi connectivity index (χ0v) is 11.1. The van der Waals surface area contributed by atoms with E-state index >= 15 is 0 Å². The summed E-state index contributed by atoms with van der Waals surface area (Å²) in [5.41, 5.74) is 2.14. The molecule has 0 fully saturated rings. The summed E-state index contributed by atoms with van der Waals surface area (Å²) in [6.45, 7) is 7.10. The number of nitrogens with zero attached hydrogens (tertiary/aromatic N) is 2. The van der Waals surface area contributed by atoms with Crippen molar-refractivity contribution in [2.45, 2.75) is 19.9 Å². The van der Waals surface area contributed by atoms with Gasteiger partial charge in [-0.25, -0.2) is 9.37 Å². The minimum Gasteiger partial charge on any atom is -0.352 e. The minimum atomic E-state index is -0.183. The van der Waals surface area contributed by atoms with E-state index in [2.05, 4.69) is 16.9 Å². The van der Waals surface area contributed by atoms with Crippen LogP contribution >= 0.6 is 0 Å². The number of aromatic nitrogens is 2. The van der Waals surface area contributed by atoms with Crippen LogP contribution in [-0.2, 0) is 13.0 Å². The molecule has 0 aliphatic carbocycles. The van der Waals surface area contributed by atoms with Crippen molar-refractivity contribution >= 4 is 5.95 Å². The van der Waals surface area contributed by atoms with Gasteiger partial charge in [-0.3, -0.25) is 0 Å². The SMILES string of the molecule is C=CCNc1nccn1CCc1ccc(F)cc1C. The highest BCUT2D eigenvalue weighted by atomic mass is 19.1. The Morgan fingerprint density at radius 2 is 2.32 bits per heavy atom. The first kappa shape index (κ1) is 13.3. The number of rotatable bonds is 6. The summed E-state index contributed by atoms with van der Waals surface area (Å²) in [5.74, 6) is 0.650. The maximum Gasteiger partial charge on any atom is 0.203 e. The van der Waals surface area contributed by atoms with Crippen molar-refractivity contribution in [1.29, 1.82) is 0 Å². The largest absolute Gasteiger partial charge is 0.352 e. The maximum atomic E-state index is 13.0. The Balaban J connectivity index is 2.02. The van der Waals surface area contributed by atoms with Crippen molar-refractivity contribution in [2.24, 2.45) is 0 Å². The van der Waals surface area contributed by atoms with Gasteiger partial charge in [-0.15, -0.1) is 6.58 Å². The van der Waals surface area contributed by atoms with Gasteiger partial charge in [-0.1, -0.05) is 12.1 Å². The van der Waals surface area contributed by atoms with Crippen LogP contribution in [0.25, 0.3) is 0 Å². The average Bonchev–Trinajstić information content (AvgIpc) is 2.83. The van der Waals surface area contributed by atoms with Crippen LogP contribution < -0.4 is 5.32 Å². The lowest BCUT2D eigenvalue weighted by molar-refractivity contribution is 0.624. The number of hydrogen-bond donors (Lipinski definition) is 1. The maximum absolute atomic E-state index is 13.0. The van der Waals surface area contributed by atoms with E-state index in [0.29, 0.717) is 6.54 Å². The summed E-state index contributed by atoms with van der Waals surface area (Å²) in [6.07, 6.45) is 6.35. The number of imidazole rings is 1. The summed E-state index contributed by atoms with van der Waals surface area (Å²) in [6, 6.07) is 4.92. The zero-order chi connectivity index (χ0) is 13.7. The van der Waals surface area contributed by atoms with Crippen LogP contribution in [0, 0.1) is 12.7 Å². The molecule has 2 aromatic rings. The summed E-state index contributed by atoms with van der Waals surface area (Å²) in [5, 5.41) is 3.18. The van der Waals surface area contributed by atoms with E-state index < -0.39 is 0 Å². The van der Waals surface area contributed by atoms with Gasteiger partial charge in [0.2, 0.25) is 5.95 Å². The Morgan fingerprint density at radius 3 is 3.05 bits per heavy atom. The monoisotopic (exact) mass is 259 g/mol. The highest BCUT2D eigenvalue weighted by Crippen LogP contribution is 2.13. The summed E-state index contributed by atoms with van der Waals surface area (Å²) in [7, 11) is 0. The fourth-order valence-corrected chi connectivity index (χ4v) is 2.00. The van der Waals surface area contributed by atoms with Gasteiger partial charge in [0.15, 0.2) is 0 Å². The number of nitrogens with one attached hydrogen (secondary N) is 1. The number of hydrogen-bond acceptors (Lipinski definition) is 2. The Kier molecular flexibility index (Phi) is 4.34. The fourth-order valence-electron chi connectivity index (χ4n) is 2.00. The second kappa shape index (κ2) is 6.18. The first-order valence-electron chi connectivity index (χ1n) is 6.31. The summed E-state index contributed by atoms with van der Waals surface area (Å²) >= 11 is 0. The second-order valence-corrected chi connectivity index (χ2v) is 4.43. The number of aryl methyl sites for hydroxylation is 3. The first-order valence-corrected chi connectivity index (χ1v) is 6.31. The molecule has 1 N–H and O–H groups in total. The summed E-state index contributed by atoms with van der Waals surface area (Å²) in [4.78, 5) is 4.25. The van der Waals surface area contributed by atoms with Crippen molar-refractivity contribution < 1.29 is 4.39 Å². The predicted molar refractivity (Wildman–Crippen MR) is 75.8 cm³/mol. The average molecular weight is 259 g/mol. The van der Waals surface area contributed by atoms with Gasteiger partial charge in [0.05, 0.1) is 0 Å².